The molecule has 0 saturated carbocycles. The maximum absolute atomic E-state index is 8.62. The molecule has 0 radical (unpaired) electrons. The van der Waals surface area contributed by atoms with Gasteiger partial charge in [-0.05, 0) is 38.5 Å². The molecule has 0 aliphatic heterocycles. The number of aliphatic hydroxyl groups excluding tert-OH is 1. The van der Waals surface area contributed by atoms with Gasteiger partial charge in [0.05, 0.1) is 0 Å². The van der Waals surface area contributed by atoms with Crippen molar-refractivity contribution in [3.63, 3.8) is 0 Å². The molecule has 0 amide bonds. The van der Waals surface area contributed by atoms with Gasteiger partial charge in [-0.3, -0.25) is 0 Å². The Bertz CT molecular complexity index is 214. The molecule has 0 aliphatic rings. The van der Waals surface area contributed by atoms with Gasteiger partial charge in [-0.15, -0.1) is 0 Å². The third-order valence-electron chi connectivity index (χ3n) is 2.56. The van der Waals surface area contributed by atoms with E-state index in [9.17, 15) is 0 Å². The van der Waals surface area contributed by atoms with Crippen LogP contribution >= 0.6 is 0 Å². The van der Waals surface area contributed by atoms with Gasteiger partial charge in [-0.25, -0.2) is 0 Å². The Morgan fingerprint density at radius 1 is 0.706 bits per heavy atom. The van der Waals surface area contributed by atoms with Crippen molar-refractivity contribution in [1.82, 2.24) is 0 Å². The van der Waals surface area contributed by atoms with Crippen LogP contribution in [0.5, 0.6) is 0 Å². The van der Waals surface area contributed by atoms with Crippen LogP contribution < -0.4 is 0 Å². The van der Waals surface area contributed by atoms with Crippen LogP contribution in [0.3, 0.4) is 0 Å². The van der Waals surface area contributed by atoms with Crippen molar-refractivity contribution >= 4 is 0 Å². The van der Waals surface area contributed by atoms with E-state index in [-0.39, 0.29) is 0 Å². The van der Waals surface area contributed by atoms with Crippen molar-refractivity contribution in [2.45, 2.75) is 58.3 Å². The van der Waals surface area contributed by atoms with Gasteiger partial charge in [0.1, 0.15) is 0 Å². The highest BCUT2D eigenvalue weighted by molar-refractivity contribution is 5.02. The Morgan fingerprint density at radius 2 is 1.35 bits per heavy atom. The summed E-state index contributed by atoms with van der Waals surface area (Å²) in [5, 5.41) is 8.62. The lowest BCUT2D eigenvalue weighted by Crippen LogP contribution is -1.82. The van der Waals surface area contributed by atoms with Crippen molar-refractivity contribution in [1.29, 1.82) is 0 Å². The summed E-state index contributed by atoms with van der Waals surface area (Å²) >= 11 is 0. The molecular formula is C16H28O. The summed E-state index contributed by atoms with van der Waals surface area (Å²) in [6.07, 6.45) is 22.4. The largest absolute Gasteiger partial charge is 0.396 e. The van der Waals surface area contributed by atoms with Gasteiger partial charge < -0.3 is 5.11 Å². The van der Waals surface area contributed by atoms with Crippen LogP contribution in [0.1, 0.15) is 58.3 Å². The van der Waals surface area contributed by atoms with Gasteiger partial charge >= 0.3 is 0 Å². The summed E-state index contributed by atoms with van der Waals surface area (Å²) < 4.78 is 0. The van der Waals surface area contributed by atoms with Gasteiger partial charge in [-0.2, -0.15) is 0 Å². The molecule has 0 aliphatic carbocycles. The lowest BCUT2D eigenvalue weighted by molar-refractivity contribution is 0.282. The molecule has 1 heteroatoms. The number of hydrogen-bond donors (Lipinski definition) is 1. The van der Waals surface area contributed by atoms with E-state index in [0.29, 0.717) is 6.61 Å². The zero-order valence-corrected chi connectivity index (χ0v) is 11.3. The Morgan fingerprint density at radius 3 is 2.12 bits per heavy atom. The fourth-order valence-corrected chi connectivity index (χ4v) is 1.55. The predicted molar refractivity (Wildman–Crippen MR) is 77.1 cm³/mol. The van der Waals surface area contributed by atoms with Crippen LogP contribution in [0.2, 0.25) is 0 Å². The first-order valence-electron chi connectivity index (χ1n) is 6.99. The first-order chi connectivity index (χ1) is 8.41. The maximum atomic E-state index is 8.62. The average molecular weight is 236 g/mol. The van der Waals surface area contributed by atoms with Crippen LogP contribution in [0.4, 0.5) is 0 Å². The van der Waals surface area contributed by atoms with E-state index in [2.05, 4.69) is 43.4 Å². The molecule has 1 nitrogen and oxygen atoms in total. The SMILES string of the molecule is CCC=CC=CCCC=CCCCCCCO. The summed E-state index contributed by atoms with van der Waals surface area (Å²) in [4.78, 5) is 0. The van der Waals surface area contributed by atoms with Gasteiger partial charge in [0, 0.05) is 6.61 Å². The Labute approximate surface area is 107 Å². The van der Waals surface area contributed by atoms with Crippen molar-refractivity contribution in [3.8, 4) is 0 Å². The van der Waals surface area contributed by atoms with E-state index in [1.165, 1.54) is 19.3 Å². The highest BCUT2D eigenvalue weighted by Crippen LogP contribution is 2.04. The first kappa shape index (κ1) is 16.2. The van der Waals surface area contributed by atoms with E-state index in [1.54, 1.807) is 0 Å². The molecule has 0 spiro atoms. The summed E-state index contributed by atoms with van der Waals surface area (Å²) in [6, 6.07) is 0. The lowest BCUT2D eigenvalue weighted by Gasteiger charge is -1.95. The minimum Gasteiger partial charge on any atom is -0.396 e. The molecule has 17 heavy (non-hydrogen) atoms. The number of rotatable bonds is 11. The molecule has 98 valence electrons. The van der Waals surface area contributed by atoms with Gasteiger partial charge in [-0.1, -0.05) is 56.2 Å². The molecule has 0 aromatic carbocycles. The number of unbranched alkanes of at least 4 members (excludes halogenated alkanes) is 5. The summed E-state index contributed by atoms with van der Waals surface area (Å²) in [5.41, 5.74) is 0. The first-order valence-corrected chi connectivity index (χ1v) is 6.99. The minimum atomic E-state index is 0.342. The fourth-order valence-electron chi connectivity index (χ4n) is 1.55. The smallest absolute Gasteiger partial charge is 0.0431 e. The number of hydrogen-bond acceptors (Lipinski definition) is 1. The second-order valence-corrected chi connectivity index (χ2v) is 4.24. The maximum Gasteiger partial charge on any atom is 0.0431 e. The van der Waals surface area contributed by atoms with Gasteiger partial charge in [0.2, 0.25) is 0 Å². The van der Waals surface area contributed by atoms with Gasteiger partial charge in [0.25, 0.3) is 0 Å². The predicted octanol–water partition coefficient (Wildman–Crippen LogP) is 4.79. The minimum absolute atomic E-state index is 0.342. The van der Waals surface area contributed by atoms with E-state index < -0.39 is 0 Å². The van der Waals surface area contributed by atoms with Crippen molar-refractivity contribution in [3.05, 3.63) is 36.5 Å². The second kappa shape index (κ2) is 15.2. The van der Waals surface area contributed by atoms with Gasteiger partial charge in [0.15, 0.2) is 0 Å². The fraction of sp³-hybridized carbons (Fsp3) is 0.625. The summed E-state index contributed by atoms with van der Waals surface area (Å²) in [6.45, 7) is 2.49. The second-order valence-electron chi connectivity index (χ2n) is 4.24. The molecule has 1 N–H and O–H groups in total. The molecule has 0 aromatic heterocycles. The monoisotopic (exact) mass is 236 g/mol. The Hall–Kier alpha value is -0.820. The zero-order valence-electron chi connectivity index (χ0n) is 11.3. The topological polar surface area (TPSA) is 20.2 Å². The zero-order chi connectivity index (χ0) is 12.6. The van der Waals surface area contributed by atoms with Crippen LogP contribution in [0.25, 0.3) is 0 Å². The Kier molecular flexibility index (Phi) is 14.4. The lowest BCUT2D eigenvalue weighted by atomic mass is 10.1. The van der Waals surface area contributed by atoms with E-state index in [0.717, 1.165) is 32.1 Å². The molecule has 0 unspecified atom stereocenters. The van der Waals surface area contributed by atoms with Crippen molar-refractivity contribution in [2.24, 2.45) is 0 Å². The quantitative estimate of drug-likeness (QED) is 0.311. The van der Waals surface area contributed by atoms with Crippen LogP contribution in [-0.2, 0) is 0 Å². The third kappa shape index (κ3) is 15.2. The third-order valence-corrected chi connectivity index (χ3v) is 2.56. The molecule has 0 rings (SSSR count). The summed E-state index contributed by atoms with van der Waals surface area (Å²) in [5.74, 6) is 0. The summed E-state index contributed by atoms with van der Waals surface area (Å²) in [7, 11) is 0. The molecule has 0 aromatic rings. The average Bonchev–Trinajstić information content (AvgIpc) is 2.35. The molecule has 0 bridgehead atoms. The normalized spacial score (nSPS) is 12.4. The van der Waals surface area contributed by atoms with Crippen LogP contribution in [0, 0.1) is 0 Å². The van der Waals surface area contributed by atoms with Crippen molar-refractivity contribution in [2.75, 3.05) is 6.61 Å². The number of aliphatic hydroxyl groups is 1. The Balaban J connectivity index is 3.19. The molecule has 0 atom stereocenters. The van der Waals surface area contributed by atoms with Crippen molar-refractivity contribution < 1.29 is 5.11 Å². The van der Waals surface area contributed by atoms with Crippen LogP contribution in [-0.4, -0.2) is 11.7 Å². The molecular weight excluding hydrogens is 208 g/mol. The highest BCUT2D eigenvalue weighted by atomic mass is 16.2. The van der Waals surface area contributed by atoms with E-state index >= 15 is 0 Å². The van der Waals surface area contributed by atoms with Crippen LogP contribution in [0.15, 0.2) is 36.5 Å². The van der Waals surface area contributed by atoms with E-state index in [4.69, 9.17) is 5.11 Å². The standard InChI is InChI=1S/C16H28O/c1-2-3-4-5-6-7-8-9-10-11-12-13-14-15-16-17/h3-6,9-10,17H,2,7-8,11-16H2,1H3. The molecule has 0 heterocycles. The van der Waals surface area contributed by atoms with E-state index in [1.807, 2.05) is 0 Å². The highest BCUT2D eigenvalue weighted by Gasteiger charge is 1.86. The molecule has 0 fully saturated rings. The number of allylic oxidation sites excluding steroid dienone is 6. The molecule has 0 saturated heterocycles.